The van der Waals surface area contributed by atoms with E-state index in [9.17, 15) is 14.4 Å². The van der Waals surface area contributed by atoms with Gasteiger partial charge >= 0.3 is 12.1 Å². The number of alkyl carbamates (subject to hydrolysis) is 1. The molecule has 2 N–H and O–H groups in total. The number of rotatable bonds is 10. The second kappa shape index (κ2) is 12.4. The molecule has 0 aliphatic carbocycles. The third kappa shape index (κ3) is 8.12. The second-order valence-corrected chi connectivity index (χ2v) is 7.39. The smallest absolute Gasteiger partial charge is 0.408 e. The van der Waals surface area contributed by atoms with Gasteiger partial charge < -0.3 is 20.1 Å². The molecule has 2 rings (SSSR count). The highest BCUT2D eigenvalue weighted by Crippen LogP contribution is 2.10. The maximum atomic E-state index is 12.8. The van der Waals surface area contributed by atoms with Gasteiger partial charge in [0, 0.05) is 0 Å². The van der Waals surface area contributed by atoms with Gasteiger partial charge in [0.1, 0.15) is 25.3 Å². The Balaban J connectivity index is 1.87. The van der Waals surface area contributed by atoms with Crippen molar-refractivity contribution in [1.82, 2.24) is 10.6 Å². The van der Waals surface area contributed by atoms with Crippen molar-refractivity contribution in [3.63, 3.8) is 0 Å². The first-order valence-electron chi connectivity index (χ1n) is 10.4. The lowest BCUT2D eigenvalue weighted by atomic mass is 9.98. The summed E-state index contributed by atoms with van der Waals surface area (Å²) >= 11 is 0. The molecule has 0 heterocycles. The Labute approximate surface area is 183 Å². The zero-order chi connectivity index (χ0) is 22.6. The molecule has 31 heavy (non-hydrogen) atoms. The molecule has 2 aromatic rings. The number of amides is 2. The molecule has 2 amide bonds. The van der Waals surface area contributed by atoms with Crippen molar-refractivity contribution in [2.45, 2.75) is 52.5 Å². The highest BCUT2D eigenvalue weighted by molar-refractivity contribution is 5.89. The first-order chi connectivity index (χ1) is 14.9. The average Bonchev–Trinajstić information content (AvgIpc) is 2.80. The summed E-state index contributed by atoms with van der Waals surface area (Å²) in [6.07, 6.45) is -0.0345. The minimum Gasteiger partial charge on any atom is -0.459 e. The minimum absolute atomic E-state index is 0.101. The van der Waals surface area contributed by atoms with E-state index >= 15 is 0 Å². The van der Waals surface area contributed by atoms with Crippen LogP contribution in [0.3, 0.4) is 0 Å². The molecule has 0 aliphatic rings. The highest BCUT2D eigenvalue weighted by atomic mass is 16.5. The zero-order valence-electron chi connectivity index (χ0n) is 18.2. The fourth-order valence-electron chi connectivity index (χ4n) is 2.81. The van der Waals surface area contributed by atoms with Crippen LogP contribution < -0.4 is 10.6 Å². The molecule has 3 unspecified atom stereocenters. The van der Waals surface area contributed by atoms with E-state index in [0.717, 1.165) is 11.1 Å². The van der Waals surface area contributed by atoms with Gasteiger partial charge in [0.2, 0.25) is 5.91 Å². The van der Waals surface area contributed by atoms with Crippen LogP contribution in [0.5, 0.6) is 0 Å². The van der Waals surface area contributed by atoms with E-state index < -0.39 is 30.1 Å². The Bertz CT molecular complexity index is 842. The summed E-state index contributed by atoms with van der Waals surface area (Å²) in [4.78, 5) is 37.2. The van der Waals surface area contributed by atoms with Crippen LogP contribution in [0, 0.1) is 5.92 Å². The zero-order valence-corrected chi connectivity index (χ0v) is 18.2. The van der Waals surface area contributed by atoms with Crippen LogP contribution in [0.2, 0.25) is 0 Å². The van der Waals surface area contributed by atoms with Crippen LogP contribution in [0.25, 0.3) is 0 Å². The maximum absolute atomic E-state index is 12.8. The molecule has 0 saturated heterocycles. The highest BCUT2D eigenvalue weighted by Gasteiger charge is 2.29. The number of carbonyl (C=O) groups is 3. The van der Waals surface area contributed by atoms with Gasteiger partial charge in [-0.15, -0.1) is 0 Å². The molecule has 0 aliphatic heterocycles. The van der Waals surface area contributed by atoms with Gasteiger partial charge in [-0.1, -0.05) is 80.9 Å². The molecule has 166 valence electrons. The number of ether oxygens (including phenoxy) is 2. The Morgan fingerprint density at radius 1 is 0.806 bits per heavy atom. The van der Waals surface area contributed by atoms with Crippen molar-refractivity contribution in [2.75, 3.05) is 0 Å². The Morgan fingerprint density at radius 3 is 1.84 bits per heavy atom. The Hall–Kier alpha value is -3.35. The predicted octanol–water partition coefficient (Wildman–Crippen LogP) is 3.58. The molecular weight excluding hydrogens is 396 g/mol. The van der Waals surface area contributed by atoms with Gasteiger partial charge in [0.15, 0.2) is 0 Å². The predicted molar refractivity (Wildman–Crippen MR) is 117 cm³/mol. The van der Waals surface area contributed by atoms with Gasteiger partial charge in [-0.25, -0.2) is 9.59 Å². The molecule has 0 radical (unpaired) electrons. The van der Waals surface area contributed by atoms with E-state index in [1.54, 1.807) is 6.92 Å². The van der Waals surface area contributed by atoms with Crippen molar-refractivity contribution in [3.05, 3.63) is 71.8 Å². The third-order valence-corrected chi connectivity index (χ3v) is 4.92. The SMILES string of the molecule is CCC(C)C(NC(=O)OCc1ccccc1)C(=O)NC(C)C(=O)OCc1ccccc1. The number of carbonyl (C=O) groups excluding carboxylic acids is 3. The molecule has 0 saturated carbocycles. The normalized spacial score (nSPS) is 13.4. The van der Waals surface area contributed by atoms with Gasteiger partial charge in [-0.05, 0) is 24.0 Å². The summed E-state index contributed by atoms with van der Waals surface area (Å²) in [5.41, 5.74) is 1.70. The largest absolute Gasteiger partial charge is 0.459 e. The lowest BCUT2D eigenvalue weighted by Gasteiger charge is -2.24. The summed E-state index contributed by atoms with van der Waals surface area (Å²) in [6, 6.07) is 16.9. The Morgan fingerprint density at radius 2 is 1.32 bits per heavy atom. The lowest BCUT2D eigenvalue weighted by molar-refractivity contribution is -0.148. The first kappa shape index (κ1) is 23.9. The van der Waals surface area contributed by atoms with E-state index in [1.165, 1.54) is 0 Å². The van der Waals surface area contributed by atoms with E-state index in [4.69, 9.17) is 9.47 Å². The quantitative estimate of drug-likeness (QED) is 0.567. The molecular formula is C24H30N2O5. The van der Waals surface area contributed by atoms with Gasteiger partial charge in [-0.2, -0.15) is 0 Å². The van der Waals surface area contributed by atoms with Crippen molar-refractivity contribution in [2.24, 2.45) is 5.92 Å². The standard InChI is InChI=1S/C24H30N2O5/c1-4-17(2)21(26-24(29)31-16-20-13-9-6-10-14-20)22(27)25-18(3)23(28)30-15-19-11-7-5-8-12-19/h5-14,17-18,21H,4,15-16H2,1-3H3,(H,25,27)(H,26,29). The van der Waals surface area contributed by atoms with Gasteiger partial charge in [0.05, 0.1) is 0 Å². The molecule has 7 heteroatoms. The van der Waals surface area contributed by atoms with Crippen LogP contribution in [0.4, 0.5) is 4.79 Å². The summed E-state index contributed by atoms with van der Waals surface area (Å²) in [5.74, 6) is -1.17. The van der Waals surface area contributed by atoms with Crippen molar-refractivity contribution in [3.8, 4) is 0 Å². The van der Waals surface area contributed by atoms with Crippen LogP contribution in [-0.4, -0.2) is 30.1 Å². The monoisotopic (exact) mass is 426 g/mol. The maximum Gasteiger partial charge on any atom is 0.408 e. The number of nitrogens with one attached hydrogen (secondary N) is 2. The second-order valence-electron chi connectivity index (χ2n) is 7.39. The summed E-state index contributed by atoms with van der Waals surface area (Å²) in [7, 11) is 0. The van der Waals surface area contributed by atoms with Gasteiger partial charge in [-0.3, -0.25) is 4.79 Å². The first-order valence-corrected chi connectivity index (χ1v) is 10.4. The molecule has 0 aromatic heterocycles. The average molecular weight is 427 g/mol. The molecule has 7 nitrogen and oxygen atoms in total. The molecule has 0 bridgehead atoms. The Kier molecular flexibility index (Phi) is 9.55. The molecule has 2 aromatic carbocycles. The van der Waals surface area contributed by atoms with Crippen LogP contribution in [-0.2, 0) is 32.3 Å². The van der Waals surface area contributed by atoms with Gasteiger partial charge in [0.25, 0.3) is 0 Å². The van der Waals surface area contributed by atoms with E-state index in [1.807, 2.05) is 74.5 Å². The summed E-state index contributed by atoms with van der Waals surface area (Å²) in [6.45, 7) is 5.54. The molecule has 0 fully saturated rings. The fourth-order valence-corrected chi connectivity index (χ4v) is 2.81. The molecule has 3 atom stereocenters. The van der Waals surface area contributed by atoms with E-state index in [2.05, 4.69) is 10.6 Å². The van der Waals surface area contributed by atoms with E-state index in [-0.39, 0.29) is 19.1 Å². The minimum atomic E-state index is -0.857. The third-order valence-electron chi connectivity index (χ3n) is 4.92. The number of esters is 1. The topological polar surface area (TPSA) is 93.7 Å². The molecule has 0 spiro atoms. The van der Waals surface area contributed by atoms with Crippen molar-refractivity contribution in [1.29, 1.82) is 0 Å². The number of hydrogen-bond acceptors (Lipinski definition) is 5. The van der Waals surface area contributed by atoms with Crippen LogP contribution in [0.15, 0.2) is 60.7 Å². The summed E-state index contributed by atoms with van der Waals surface area (Å²) < 4.78 is 10.5. The number of hydrogen-bond donors (Lipinski definition) is 2. The lowest BCUT2D eigenvalue weighted by Crippen LogP contribution is -2.53. The fraction of sp³-hybridized carbons (Fsp3) is 0.375. The van der Waals surface area contributed by atoms with Crippen LogP contribution >= 0.6 is 0 Å². The van der Waals surface area contributed by atoms with Crippen LogP contribution in [0.1, 0.15) is 38.3 Å². The van der Waals surface area contributed by atoms with E-state index in [0.29, 0.717) is 6.42 Å². The number of benzene rings is 2. The van der Waals surface area contributed by atoms with Crippen molar-refractivity contribution >= 4 is 18.0 Å². The summed E-state index contributed by atoms with van der Waals surface area (Å²) in [5, 5.41) is 5.24. The van der Waals surface area contributed by atoms with Crippen molar-refractivity contribution < 1.29 is 23.9 Å².